The number of hydrazine groups is 2. The Bertz CT molecular complexity index is 1340. The molecule has 1 atom stereocenters. The fourth-order valence-corrected chi connectivity index (χ4v) is 4.58. The number of benzene rings is 2. The Hall–Kier alpha value is -3.37. The van der Waals surface area contributed by atoms with E-state index >= 15 is 0 Å². The van der Waals surface area contributed by atoms with E-state index < -0.39 is 6.04 Å². The molecule has 0 unspecified atom stereocenters. The van der Waals surface area contributed by atoms with Crippen LogP contribution in [0.2, 0.25) is 5.02 Å². The van der Waals surface area contributed by atoms with Crippen molar-refractivity contribution in [1.82, 2.24) is 25.4 Å². The number of carbonyl (C=O) groups is 1. The van der Waals surface area contributed by atoms with Crippen LogP contribution in [0.1, 0.15) is 11.6 Å². The molecule has 2 aliphatic rings. The number of carbonyl (C=O) groups excluding carboxylic acids is 1. The number of ether oxygens (including phenoxy) is 1. The average molecular weight is 527 g/mol. The highest BCUT2D eigenvalue weighted by Gasteiger charge is 2.29. The maximum Gasteiger partial charge on any atom is 0.254 e. The summed E-state index contributed by atoms with van der Waals surface area (Å²) in [5.41, 5.74) is 8.07. The van der Waals surface area contributed by atoms with Crippen LogP contribution in [-0.2, 0) is 16.0 Å². The minimum Gasteiger partial charge on any atom is -0.378 e. The first kappa shape index (κ1) is 24.3. The van der Waals surface area contributed by atoms with Gasteiger partial charge in [0.2, 0.25) is 5.91 Å². The van der Waals surface area contributed by atoms with Crippen molar-refractivity contribution in [2.75, 3.05) is 31.3 Å². The first-order valence-corrected chi connectivity index (χ1v) is 12.2. The normalized spacial score (nSPS) is 16.4. The van der Waals surface area contributed by atoms with Crippen LogP contribution in [0.25, 0.3) is 11.3 Å². The zero-order valence-electron chi connectivity index (χ0n) is 19.2. The third-order valence-electron chi connectivity index (χ3n) is 6.08. The molecule has 1 fully saturated rings. The van der Waals surface area contributed by atoms with Crippen molar-refractivity contribution in [3.8, 4) is 11.3 Å². The van der Waals surface area contributed by atoms with Crippen LogP contribution in [0.15, 0.2) is 77.1 Å². The molecule has 0 saturated carbocycles. The van der Waals surface area contributed by atoms with Crippen LogP contribution in [0.3, 0.4) is 0 Å². The number of aromatic nitrogens is 2. The number of nitrogens with one attached hydrogen (secondary N) is 2. The van der Waals surface area contributed by atoms with Crippen LogP contribution in [-0.4, -0.2) is 46.7 Å². The molecular weight excluding hydrogens is 503 g/mol. The third-order valence-corrected chi connectivity index (χ3v) is 6.51. The molecule has 1 aromatic heterocycles. The fourth-order valence-electron chi connectivity index (χ4n) is 4.27. The molecule has 0 aliphatic carbocycles. The molecule has 5 rings (SSSR count). The second-order valence-corrected chi connectivity index (χ2v) is 9.25. The van der Waals surface area contributed by atoms with Crippen LogP contribution in [0, 0.1) is 0 Å². The second kappa shape index (κ2) is 10.7. The Morgan fingerprint density at radius 2 is 1.86 bits per heavy atom. The van der Waals surface area contributed by atoms with Crippen molar-refractivity contribution < 1.29 is 9.53 Å². The predicted octanol–water partition coefficient (Wildman–Crippen LogP) is 3.07. The molecule has 1 saturated heterocycles. The van der Waals surface area contributed by atoms with Crippen molar-refractivity contribution in [2.45, 2.75) is 12.5 Å². The van der Waals surface area contributed by atoms with Crippen molar-refractivity contribution in [3.05, 3.63) is 93.2 Å². The van der Waals surface area contributed by atoms with Crippen molar-refractivity contribution in [2.24, 2.45) is 0 Å². The summed E-state index contributed by atoms with van der Waals surface area (Å²) in [6, 6.07) is 15.6. The highest BCUT2D eigenvalue weighted by atomic mass is 35.5. The Morgan fingerprint density at radius 1 is 1.08 bits per heavy atom. The third kappa shape index (κ3) is 5.24. The van der Waals surface area contributed by atoms with E-state index in [2.05, 4.69) is 15.9 Å². The van der Waals surface area contributed by atoms with Gasteiger partial charge in [0, 0.05) is 36.2 Å². The van der Waals surface area contributed by atoms with Gasteiger partial charge in [0.15, 0.2) is 0 Å². The minimum atomic E-state index is -0.732. The lowest BCUT2D eigenvalue weighted by Gasteiger charge is -2.31. The molecular formula is C25H24Cl2N6O3. The summed E-state index contributed by atoms with van der Waals surface area (Å²) in [4.78, 5) is 33.3. The molecule has 3 aromatic rings. The minimum absolute atomic E-state index is 0.130. The van der Waals surface area contributed by atoms with Gasteiger partial charge in [-0.25, -0.2) is 4.98 Å². The van der Waals surface area contributed by atoms with E-state index in [0.29, 0.717) is 59.8 Å². The van der Waals surface area contributed by atoms with Crippen molar-refractivity contribution in [3.63, 3.8) is 0 Å². The first-order chi connectivity index (χ1) is 17.5. The molecule has 2 aliphatic heterocycles. The molecule has 186 valence electrons. The number of hydrogen-bond donors (Lipinski definition) is 2. The van der Waals surface area contributed by atoms with Gasteiger partial charge in [0.05, 0.1) is 37.1 Å². The molecule has 0 radical (unpaired) electrons. The number of rotatable bonds is 6. The molecule has 0 spiro atoms. The molecule has 36 heavy (non-hydrogen) atoms. The van der Waals surface area contributed by atoms with Gasteiger partial charge in [-0.15, -0.1) is 5.53 Å². The van der Waals surface area contributed by atoms with Crippen LogP contribution >= 0.6 is 23.2 Å². The number of hydrogen-bond acceptors (Lipinski definition) is 7. The number of amides is 1. The number of morpholine rings is 1. The zero-order valence-corrected chi connectivity index (χ0v) is 20.7. The largest absolute Gasteiger partial charge is 0.378 e. The lowest BCUT2D eigenvalue weighted by Crippen LogP contribution is -2.46. The van der Waals surface area contributed by atoms with Gasteiger partial charge in [-0.2, -0.15) is 0 Å². The van der Waals surface area contributed by atoms with Gasteiger partial charge in [-0.1, -0.05) is 53.5 Å². The van der Waals surface area contributed by atoms with E-state index in [1.807, 2.05) is 30.3 Å². The molecule has 1 amide bonds. The predicted molar refractivity (Wildman–Crippen MR) is 138 cm³/mol. The van der Waals surface area contributed by atoms with E-state index in [-0.39, 0.29) is 11.5 Å². The summed E-state index contributed by atoms with van der Waals surface area (Å²) >= 11 is 12.3. The summed E-state index contributed by atoms with van der Waals surface area (Å²) in [7, 11) is 0. The molecule has 11 heteroatoms. The fraction of sp³-hybridized carbons (Fsp3) is 0.240. The summed E-state index contributed by atoms with van der Waals surface area (Å²) in [5.74, 6) is -0.130. The molecule has 0 bridgehead atoms. The first-order valence-electron chi connectivity index (χ1n) is 11.5. The zero-order chi connectivity index (χ0) is 25.1. The van der Waals surface area contributed by atoms with Crippen LogP contribution < -0.4 is 21.5 Å². The maximum absolute atomic E-state index is 13.5. The topological polar surface area (TPSA) is 91.7 Å². The van der Waals surface area contributed by atoms with Gasteiger partial charge in [-0.05, 0) is 23.8 Å². The maximum atomic E-state index is 13.5. The van der Waals surface area contributed by atoms with E-state index in [4.69, 9.17) is 27.9 Å². The smallest absolute Gasteiger partial charge is 0.254 e. The standard InChI is InChI=1S/C25H24Cl2N6O3/c26-18-6-7-21(33-15-23(27)29-30-33)19(13-18)20-14-24(34)32(16-28-20)22(12-17-4-2-1-3-5-17)25(35)31-8-10-36-11-9-31/h1-7,13-16,22,29-30H,8-12H2/t22-/m0/s1. The van der Waals surface area contributed by atoms with E-state index in [0.717, 1.165) is 5.56 Å². The van der Waals surface area contributed by atoms with Crippen LogP contribution in [0.4, 0.5) is 5.69 Å². The number of anilines is 1. The Kier molecular flexibility index (Phi) is 7.24. The molecule has 2 N–H and O–H groups in total. The Labute approximate surface area is 217 Å². The van der Waals surface area contributed by atoms with Gasteiger partial charge in [-0.3, -0.25) is 24.6 Å². The summed E-state index contributed by atoms with van der Waals surface area (Å²) < 4.78 is 6.81. The highest BCUT2D eigenvalue weighted by molar-refractivity contribution is 6.31. The molecule has 9 nitrogen and oxygen atoms in total. The quantitative estimate of drug-likeness (QED) is 0.477. The monoisotopic (exact) mass is 526 g/mol. The summed E-state index contributed by atoms with van der Waals surface area (Å²) in [5, 5.41) is 2.57. The summed E-state index contributed by atoms with van der Waals surface area (Å²) in [6.07, 6.45) is 3.46. The van der Waals surface area contributed by atoms with E-state index in [1.165, 1.54) is 17.0 Å². The van der Waals surface area contributed by atoms with E-state index in [1.54, 1.807) is 34.3 Å². The lowest BCUT2D eigenvalue weighted by atomic mass is 10.0. The van der Waals surface area contributed by atoms with Crippen molar-refractivity contribution >= 4 is 34.8 Å². The van der Waals surface area contributed by atoms with Gasteiger partial charge < -0.3 is 9.64 Å². The molecule has 3 heterocycles. The van der Waals surface area contributed by atoms with Gasteiger partial charge in [0.1, 0.15) is 11.2 Å². The Balaban J connectivity index is 1.52. The SMILES string of the molecule is O=C([C@H](Cc1ccccc1)n1cnc(-c2cc(Cl)ccc2N2C=C(Cl)NN2)cc1=O)N1CCOCC1. The van der Waals surface area contributed by atoms with Crippen LogP contribution in [0.5, 0.6) is 0 Å². The molecule has 2 aromatic carbocycles. The van der Waals surface area contributed by atoms with E-state index in [9.17, 15) is 9.59 Å². The second-order valence-electron chi connectivity index (χ2n) is 8.41. The average Bonchev–Trinajstić information content (AvgIpc) is 3.34. The summed E-state index contributed by atoms with van der Waals surface area (Å²) in [6.45, 7) is 1.93. The van der Waals surface area contributed by atoms with Gasteiger partial charge in [0.25, 0.3) is 5.56 Å². The number of halogens is 2. The van der Waals surface area contributed by atoms with Gasteiger partial charge >= 0.3 is 0 Å². The van der Waals surface area contributed by atoms with Crippen molar-refractivity contribution in [1.29, 1.82) is 0 Å². The highest BCUT2D eigenvalue weighted by Crippen LogP contribution is 2.32. The lowest BCUT2D eigenvalue weighted by molar-refractivity contribution is -0.139. The number of nitrogens with zero attached hydrogens (tertiary/aromatic N) is 4. The Morgan fingerprint density at radius 3 is 2.56 bits per heavy atom.